The van der Waals surface area contributed by atoms with Crippen LogP contribution in [0.3, 0.4) is 0 Å². The van der Waals surface area contributed by atoms with Gasteiger partial charge in [-0.25, -0.2) is 0 Å². The van der Waals surface area contributed by atoms with Crippen molar-refractivity contribution in [2.45, 2.75) is 39.8 Å². The summed E-state index contributed by atoms with van der Waals surface area (Å²) >= 11 is 0. The van der Waals surface area contributed by atoms with Gasteiger partial charge in [0.1, 0.15) is 11.8 Å². The predicted molar refractivity (Wildman–Crippen MR) is 70.8 cm³/mol. The first kappa shape index (κ1) is 14.5. The summed E-state index contributed by atoms with van der Waals surface area (Å²) in [5, 5.41) is 18.8. The molecule has 0 heterocycles. The molecule has 0 aliphatic rings. The summed E-state index contributed by atoms with van der Waals surface area (Å²) in [6.07, 6.45) is 0.571. The molecule has 1 atom stereocenters. The predicted octanol–water partition coefficient (Wildman–Crippen LogP) is 2.30. The van der Waals surface area contributed by atoms with Crippen LogP contribution in [-0.2, 0) is 11.3 Å². The molecule has 1 aromatic rings. The molecule has 0 aromatic heterocycles. The van der Waals surface area contributed by atoms with Crippen LogP contribution in [0.15, 0.2) is 12.1 Å². The van der Waals surface area contributed by atoms with Crippen molar-refractivity contribution < 1.29 is 15.0 Å². The summed E-state index contributed by atoms with van der Waals surface area (Å²) in [4.78, 5) is 12.9. The molecule has 0 fully saturated rings. The second-order valence-corrected chi connectivity index (χ2v) is 4.76. The Hall–Kier alpha value is -1.55. The van der Waals surface area contributed by atoms with Crippen molar-refractivity contribution >= 4 is 5.97 Å². The summed E-state index contributed by atoms with van der Waals surface area (Å²) in [7, 11) is 1.81. The molecule has 0 saturated carbocycles. The van der Waals surface area contributed by atoms with Gasteiger partial charge in [-0.05, 0) is 44.0 Å². The number of aliphatic carboxylic acids is 1. The van der Waals surface area contributed by atoms with Crippen LogP contribution in [0.4, 0.5) is 0 Å². The molecular weight excluding hydrogens is 230 g/mol. The number of nitrogens with zero attached hydrogens (tertiary/aromatic N) is 1. The van der Waals surface area contributed by atoms with E-state index in [1.807, 2.05) is 37.8 Å². The minimum atomic E-state index is -0.799. The first-order valence-electron chi connectivity index (χ1n) is 6.09. The maximum Gasteiger partial charge on any atom is 0.320 e. The molecule has 2 N–H and O–H groups in total. The highest BCUT2D eigenvalue weighted by atomic mass is 16.4. The van der Waals surface area contributed by atoms with Crippen LogP contribution in [0.25, 0.3) is 0 Å². The molecule has 1 rings (SSSR count). The lowest BCUT2D eigenvalue weighted by Crippen LogP contribution is -2.37. The quantitative estimate of drug-likeness (QED) is 0.843. The third-order valence-corrected chi connectivity index (χ3v) is 3.19. The molecule has 100 valence electrons. The van der Waals surface area contributed by atoms with E-state index in [2.05, 4.69) is 0 Å². The van der Waals surface area contributed by atoms with Gasteiger partial charge in [0, 0.05) is 6.54 Å². The smallest absolute Gasteiger partial charge is 0.320 e. The first-order chi connectivity index (χ1) is 8.36. The lowest BCUT2D eigenvalue weighted by molar-refractivity contribution is -0.143. The largest absolute Gasteiger partial charge is 0.507 e. The molecule has 0 saturated heterocycles. The number of likely N-dealkylation sites (N-methyl/N-ethyl adjacent to an activating group) is 1. The second-order valence-electron chi connectivity index (χ2n) is 4.76. The summed E-state index contributed by atoms with van der Waals surface area (Å²) < 4.78 is 0. The molecule has 1 unspecified atom stereocenters. The van der Waals surface area contributed by atoms with Crippen LogP contribution < -0.4 is 0 Å². The Morgan fingerprint density at radius 3 is 2.22 bits per heavy atom. The molecule has 0 amide bonds. The van der Waals surface area contributed by atoms with Gasteiger partial charge in [0.15, 0.2) is 0 Å². The first-order valence-corrected chi connectivity index (χ1v) is 6.09. The highest BCUT2D eigenvalue weighted by Gasteiger charge is 2.20. The number of aryl methyl sites for hydroxylation is 2. The van der Waals surface area contributed by atoms with Crippen molar-refractivity contribution in [1.29, 1.82) is 0 Å². The van der Waals surface area contributed by atoms with Gasteiger partial charge < -0.3 is 10.2 Å². The van der Waals surface area contributed by atoms with Crippen molar-refractivity contribution in [3.8, 4) is 5.75 Å². The van der Waals surface area contributed by atoms with Crippen molar-refractivity contribution in [2.24, 2.45) is 0 Å². The summed E-state index contributed by atoms with van der Waals surface area (Å²) in [5.41, 5.74) is 2.66. The molecule has 0 aliphatic heterocycles. The topological polar surface area (TPSA) is 60.8 Å². The van der Waals surface area contributed by atoms with E-state index < -0.39 is 12.0 Å². The van der Waals surface area contributed by atoms with E-state index in [9.17, 15) is 9.90 Å². The lowest BCUT2D eigenvalue weighted by atomic mass is 10.0. The van der Waals surface area contributed by atoms with Gasteiger partial charge in [0.05, 0.1) is 0 Å². The average Bonchev–Trinajstić information content (AvgIpc) is 2.26. The molecular formula is C14H21NO3. The maximum absolute atomic E-state index is 11.1. The fraction of sp³-hybridized carbons (Fsp3) is 0.500. The zero-order chi connectivity index (χ0) is 13.9. The standard InChI is InChI=1S/C14H21NO3/c1-5-12(14(17)18)15(4)8-11-6-9(2)13(16)10(3)7-11/h6-7,12,16H,5,8H2,1-4H3,(H,17,18). The number of rotatable bonds is 5. The second kappa shape index (κ2) is 5.87. The molecule has 0 radical (unpaired) electrons. The normalized spacial score (nSPS) is 12.7. The number of hydrogen-bond acceptors (Lipinski definition) is 3. The van der Waals surface area contributed by atoms with Crippen molar-refractivity contribution in [3.63, 3.8) is 0 Å². The van der Waals surface area contributed by atoms with Gasteiger partial charge in [-0.2, -0.15) is 0 Å². The number of benzene rings is 1. The molecule has 0 spiro atoms. The van der Waals surface area contributed by atoms with Crippen molar-refractivity contribution in [2.75, 3.05) is 7.05 Å². The SMILES string of the molecule is CCC(C(=O)O)N(C)Cc1cc(C)c(O)c(C)c1. The summed E-state index contributed by atoms with van der Waals surface area (Å²) in [6, 6.07) is 3.32. The molecule has 0 aliphatic carbocycles. The Kier molecular flexibility index (Phi) is 4.73. The average molecular weight is 251 g/mol. The van der Waals surface area contributed by atoms with E-state index in [-0.39, 0.29) is 0 Å². The lowest BCUT2D eigenvalue weighted by Gasteiger charge is -2.24. The molecule has 4 nitrogen and oxygen atoms in total. The number of hydrogen-bond donors (Lipinski definition) is 2. The fourth-order valence-corrected chi connectivity index (χ4v) is 2.21. The van der Waals surface area contributed by atoms with Crippen LogP contribution >= 0.6 is 0 Å². The fourth-order valence-electron chi connectivity index (χ4n) is 2.21. The molecule has 1 aromatic carbocycles. The molecule has 18 heavy (non-hydrogen) atoms. The third kappa shape index (κ3) is 3.23. The Bertz CT molecular complexity index is 420. The monoisotopic (exact) mass is 251 g/mol. The van der Waals surface area contributed by atoms with E-state index >= 15 is 0 Å². The van der Waals surface area contributed by atoms with E-state index in [1.54, 1.807) is 7.05 Å². The number of aromatic hydroxyl groups is 1. The van der Waals surface area contributed by atoms with Crippen molar-refractivity contribution in [3.05, 3.63) is 28.8 Å². The van der Waals surface area contributed by atoms with Crippen LogP contribution in [-0.4, -0.2) is 34.2 Å². The Morgan fingerprint density at radius 1 is 1.33 bits per heavy atom. The number of phenolic OH excluding ortho intramolecular Hbond substituents is 1. The Morgan fingerprint density at radius 2 is 1.83 bits per heavy atom. The molecule has 0 bridgehead atoms. The van der Waals surface area contributed by atoms with Gasteiger partial charge in [-0.15, -0.1) is 0 Å². The maximum atomic E-state index is 11.1. The van der Waals surface area contributed by atoms with E-state index in [0.717, 1.165) is 16.7 Å². The zero-order valence-electron chi connectivity index (χ0n) is 11.4. The van der Waals surface area contributed by atoms with Gasteiger partial charge in [-0.3, -0.25) is 9.69 Å². The van der Waals surface area contributed by atoms with Gasteiger partial charge in [0.25, 0.3) is 0 Å². The number of carbonyl (C=O) groups is 1. The van der Waals surface area contributed by atoms with Crippen LogP contribution in [0.5, 0.6) is 5.75 Å². The minimum absolute atomic E-state index is 0.312. The highest BCUT2D eigenvalue weighted by Crippen LogP contribution is 2.23. The van der Waals surface area contributed by atoms with Crippen molar-refractivity contribution in [1.82, 2.24) is 4.90 Å². The van der Waals surface area contributed by atoms with E-state index in [4.69, 9.17) is 5.11 Å². The number of carboxylic acids is 1. The third-order valence-electron chi connectivity index (χ3n) is 3.19. The van der Waals surface area contributed by atoms with E-state index in [0.29, 0.717) is 18.7 Å². The number of carboxylic acid groups (broad SMARTS) is 1. The van der Waals surface area contributed by atoms with Gasteiger partial charge >= 0.3 is 5.97 Å². The Balaban J connectivity index is 2.88. The zero-order valence-corrected chi connectivity index (χ0v) is 11.4. The van der Waals surface area contributed by atoms with Gasteiger partial charge in [0.2, 0.25) is 0 Å². The van der Waals surface area contributed by atoms with E-state index in [1.165, 1.54) is 0 Å². The summed E-state index contributed by atoms with van der Waals surface area (Å²) in [6.45, 7) is 6.12. The van der Waals surface area contributed by atoms with Crippen LogP contribution in [0.2, 0.25) is 0 Å². The van der Waals surface area contributed by atoms with Crippen LogP contribution in [0.1, 0.15) is 30.0 Å². The number of phenols is 1. The van der Waals surface area contributed by atoms with Crippen LogP contribution in [0, 0.1) is 13.8 Å². The minimum Gasteiger partial charge on any atom is -0.507 e. The Labute approximate surface area is 108 Å². The summed E-state index contributed by atoms with van der Waals surface area (Å²) in [5.74, 6) is -0.487. The highest BCUT2D eigenvalue weighted by molar-refractivity contribution is 5.73. The molecule has 4 heteroatoms. The van der Waals surface area contributed by atoms with Gasteiger partial charge in [-0.1, -0.05) is 19.1 Å².